The Bertz CT molecular complexity index is 675. The average Bonchev–Trinajstić information content (AvgIpc) is 3.01. The molecule has 0 bridgehead atoms. The van der Waals surface area contributed by atoms with Crippen LogP contribution in [0.25, 0.3) is 10.6 Å². The molecule has 4 nitrogen and oxygen atoms in total. The number of hydrogen-bond donors (Lipinski definition) is 1. The molecule has 1 unspecified atom stereocenters. The van der Waals surface area contributed by atoms with Gasteiger partial charge in [0.25, 0.3) is 5.91 Å². The molecular weight excluding hydrogens is 365 g/mol. The van der Waals surface area contributed by atoms with Crippen LogP contribution in [0.4, 0.5) is 0 Å². The van der Waals surface area contributed by atoms with Crippen LogP contribution in [0.5, 0.6) is 0 Å². The zero-order chi connectivity index (χ0) is 17.0. The summed E-state index contributed by atoms with van der Waals surface area (Å²) in [7, 11) is 1.78. The van der Waals surface area contributed by atoms with Crippen molar-refractivity contribution in [3.8, 4) is 10.6 Å². The lowest BCUT2D eigenvalue weighted by atomic mass is 10.0. The maximum atomic E-state index is 12.5. The molecule has 2 aromatic rings. The van der Waals surface area contributed by atoms with E-state index in [4.69, 9.17) is 17.3 Å². The molecule has 2 rings (SSSR count). The molecule has 0 radical (unpaired) electrons. The first-order chi connectivity index (χ1) is 10.9. The third-order valence-electron chi connectivity index (χ3n) is 3.83. The van der Waals surface area contributed by atoms with Gasteiger partial charge in [0, 0.05) is 30.6 Å². The van der Waals surface area contributed by atoms with Crippen molar-refractivity contribution in [1.29, 1.82) is 0 Å². The van der Waals surface area contributed by atoms with E-state index in [9.17, 15) is 4.79 Å². The van der Waals surface area contributed by atoms with Gasteiger partial charge in [-0.05, 0) is 18.4 Å². The molecule has 0 saturated heterocycles. The van der Waals surface area contributed by atoms with Gasteiger partial charge in [0.1, 0.15) is 10.7 Å². The molecule has 2 N–H and O–H groups in total. The Morgan fingerprint density at radius 3 is 2.67 bits per heavy atom. The number of nitrogens with zero attached hydrogens (tertiary/aromatic N) is 2. The molecule has 1 aromatic heterocycles. The largest absolute Gasteiger partial charge is 0.340 e. The van der Waals surface area contributed by atoms with Gasteiger partial charge in [-0.1, -0.05) is 43.6 Å². The maximum Gasteiger partial charge on any atom is 0.273 e. The number of hydrogen-bond acceptors (Lipinski definition) is 4. The standard InChI is InChI=1S/C17H22ClN3OS.ClH/c1-11(2)14(19)8-9-21(3)17(22)15-10-23-16(20-15)12-6-4-5-7-13(12)18;/h4-7,10-11,14H,8-9,19H2,1-3H3;1H. The number of thiazole rings is 1. The molecule has 1 heterocycles. The van der Waals surface area contributed by atoms with E-state index in [-0.39, 0.29) is 24.4 Å². The van der Waals surface area contributed by atoms with Crippen molar-refractivity contribution in [2.45, 2.75) is 26.3 Å². The Balaban J connectivity index is 0.00000288. The smallest absolute Gasteiger partial charge is 0.273 e. The lowest BCUT2D eigenvalue weighted by molar-refractivity contribution is 0.0784. The lowest BCUT2D eigenvalue weighted by Gasteiger charge is -2.20. The number of carbonyl (C=O) groups is 1. The lowest BCUT2D eigenvalue weighted by Crippen LogP contribution is -2.34. The van der Waals surface area contributed by atoms with Crippen molar-refractivity contribution in [2.24, 2.45) is 11.7 Å². The van der Waals surface area contributed by atoms with E-state index >= 15 is 0 Å². The van der Waals surface area contributed by atoms with Crippen molar-refractivity contribution in [3.63, 3.8) is 0 Å². The molecule has 0 fully saturated rings. The predicted octanol–water partition coefficient (Wildman–Crippen LogP) is 4.33. The monoisotopic (exact) mass is 387 g/mol. The van der Waals surface area contributed by atoms with Gasteiger partial charge in [-0.25, -0.2) is 4.98 Å². The van der Waals surface area contributed by atoms with Gasteiger partial charge in [0.2, 0.25) is 0 Å². The van der Waals surface area contributed by atoms with Gasteiger partial charge >= 0.3 is 0 Å². The summed E-state index contributed by atoms with van der Waals surface area (Å²) < 4.78 is 0. The maximum absolute atomic E-state index is 12.5. The highest BCUT2D eigenvalue weighted by molar-refractivity contribution is 7.13. The second-order valence-electron chi connectivity index (χ2n) is 5.94. The Morgan fingerprint density at radius 1 is 1.38 bits per heavy atom. The fourth-order valence-corrected chi connectivity index (χ4v) is 3.22. The normalized spacial score (nSPS) is 11.9. The van der Waals surface area contributed by atoms with Crippen LogP contribution in [-0.4, -0.2) is 35.4 Å². The first kappa shape index (κ1) is 20.9. The molecule has 0 aliphatic heterocycles. The van der Waals surface area contributed by atoms with Gasteiger partial charge in [0.15, 0.2) is 0 Å². The summed E-state index contributed by atoms with van der Waals surface area (Å²) in [6.45, 7) is 4.79. The van der Waals surface area contributed by atoms with Crippen molar-refractivity contribution in [3.05, 3.63) is 40.4 Å². The van der Waals surface area contributed by atoms with Crippen LogP contribution < -0.4 is 5.73 Å². The van der Waals surface area contributed by atoms with Crippen LogP contribution >= 0.6 is 35.3 Å². The average molecular weight is 388 g/mol. The number of halogens is 2. The van der Waals surface area contributed by atoms with Crippen LogP contribution in [0.3, 0.4) is 0 Å². The van der Waals surface area contributed by atoms with Crippen LogP contribution in [0.15, 0.2) is 29.6 Å². The summed E-state index contributed by atoms with van der Waals surface area (Å²) in [5.41, 5.74) is 7.33. The van der Waals surface area contributed by atoms with E-state index in [1.165, 1.54) is 11.3 Å². The number of amides is 1. The topological polar surface area (TPSA) is 59.2 Å². The van der Waals surface area contributed by atoms with Crippen LogP contribution in [-0.2, 0) is 0 Å². The van der Waals surface area contributed by atoms with E-state index in [0.29, 0.717) is 23.2 Å². The number of carbonyl (C=O) groups excluding carboxylic acids is 1. The third kappa shape index (κ3) is 5.18. The fraction of sp³-hybridized carbons (Fsp3) is 0.412. The Labute approximate surface area is 158 Å². The molecule has 0 aliphatic rings. The minimum Gasteiger partial charge on any atom is -0.340 e. The van der Waals surface area contributed by atoms with Gasteiger partial charge in [-0.2, -0.15) is 0 Å². The molecular formula is C17H23Cl2N3OS. The Morgan fingerprint density at radius 2 is 2.04 bits per heavy atom. The van der Waals surface area contributed by atoms with Crippen LogP contribution in [0.1, 0.15) is 30.8 Å². The first-order valence-corrected chi connectivity index (χ1v) is 8.87. The highest BCUT2D eigenvalue weighted by Crippen LogP contribution is 2.30. The summed E-state index contributed by atoms with van der Waals surface area (Å²) in [6, 6.07) is 7.60. The summed E-state index contributed by atoms with van der Waals surface area (Å²) in [6.07, 6.45) is 0.779. The molecule has 24 heavy (non-hydrogen) atoms. The highest BCUT2D eigenvalue weighted by atomic mass is 35.5. The number of rotatable bonds is 6. The van der Waals surface area contributed by atoms with Crippen molar-refractivity contribution >= 4 is 41.3 Å². The van der Waals surface area contributed by atoms with Crippen molar-refractivity contribution < 1.29 is 4.79 Å². The summed E-state index contributed by atoms with van der Waals surface area (Å²) in [5.74, 6) is 0.320. The van der Waals surface area contributed by atoms with Crippen LogP contribution in [0.2, 0.25) is 5.02 Å². The highest BCUT2D eigenvalue weighted by Gasteiger charge is 2.18. The molecule has 1 atom stereocenters. The Hall–Kier alpha value is -1.14. The van der Waals surface area contributed by atoms with E-state index in [2.05, 4.69) is 18.8 Å². The summed E-state index contributed by atoms with van der Waals surface area (Å²) in [5, 5.41) is 3.17. The molecule has 1 aromatic carbocycles. The molecule has 0 aliphatic carbocycles. The molecule has 0 saturated carbocycles. The first-order valence-electron chi connectivity index (χ1n) is 7.61. The summed E-state index contributed by atoms with van der Waals surface area (Å²) >= 11 is 7.61. The van der Waals surface area contributed by atoms with E-state index in [1.54, 1.807) is 17.3 Å². The summed E-state index contributed by atoms with van der Waals surface area (Å²) in [4.78, 5) is 18.6. The van der Waals surface area contributed by atoms with Gasteiger partial charge in [0.05, 0.1) is 5.02 Å². The third-order valence-corrected chi connectivity index (χ3v) is 5.03. The minimum absolute atomic E-state index is 0. The second-order valence-corrected chi connectivity index (χ2v) is 7.21. The molecule has 132 valence electrons. The van der Waals surface area contributed by atoms with E-state index < -0.39 is 0 Å². The van der Waals surface area contributed by atoms with Gasteiger partial charge in [-0.15, -0.1) is 23.7 Å². The zero-order valence-corrected chi connectivity index (χ0v) is 16.4. The van der Waals surface area contributed by atoms with Crippen LogP contribution in [0, 0.1) is 5.92 Å². The zero-order valence-electron chi connectivity index (χ0n) is 14.0. The predicted molar refractivity (Wildman–Crippen MR) is 104 cm³/mol. The number of benzene rings is 1. The van der Waals surface area contributed by atoms with Crippen molar-refractivity contribution in [1.82, 2.24) is 9.88 Å². The molecule has 0 spiro atoms. The SMILES string of the molecule is CC(C)C(N)CCN(C)C(=O)c1csc(-c2ccccc2Cl)n1.Cl. The fourth-order valence-electron chi connectivity index (χ4n) is 2.10. The number of aromatic nitrogens is 1. The Kier molecular flexibility index (Phi) is 8.16. The molecule has 1 amide bonds. The second kappa shape index (κ2) is 9.37. The quantitative estimate of drug-likeness (QED) is 0.801. The van der Waals surface area contributed by atoms with E-state index in [1.807, 2.05) is 24.3 Å². The molecule has 7 heteroatoms. The van der Waals surface area contributed by atoms with Gasteiger partial charge < -0.3 is 10.6 Å². The van der Waals surface area contributed by atoms with Gasteiger partial charge in [-0.3, -0.25) is 4.79 Å². The minimum atomic E-state index is -0.0875. The number of nitrogens with two attached hydrogens (primary N) is 1. The van der Waals surface area contributed by atoms with Crippen molar-refractivity contribution in [2.75, 3.05) is 13.6 Å². The van der Waals surface area contributed by atoms with E-state index in [0.717, 1.165) is 17.0 Å².